The lowest BCUT2D eigenvalue weighted by Gasteiger charge is -2.42. The van der Waals surface area contributed by atoms with E-state index in [0.717, 1.165) is 11.7 Å². The Bertz CT molecular complexity index is 404. The van der Waals surface area contributed by atoms with E-state index < -0.39 is 0 Å². The van der Waals surface area contributed by atoms with Crippen molar-refractivity contribution in [3.05, 3.63) is 30.3 Å². The molecular weight excluding hydrogens is 208 g/mol. The van der Waals surface area contributed by atoms with Crippen molar-refractivity contribution in [3.63, 3.8) is 0 Å². The Kier molecular flexibility index (Phi) is 2.30. The molecule has 3 atom stereocenters. The van der Waals surface area contributed by atoms with Gasteiger partial charge in [-0.3, -0.25) is 0 Å². The molecule has 0 N–H and O–H groups in total. The largest absolute Gasteiger partial charge is 0.489 e. The van der Waals surface area contributed by atoms with Crippen LogP contribution in [0.25, 0.3) is 0 Å². The smallest absolute Gasteiger partial charge is 0.119 e. The van der Waals surface area contributed by atoms with Crippen LogP contribution in [0.4, 0.5) is 0 Å². The molecular formula is C16H21O. The van der Waals surface area contributed by atoms with Crippen LogP contribution in [0.1, 0.15) is 40.0 Å². The van der Waals surface area contributed by atoms with Gasteiger partial charge in [-0.05, 0) is 43.4 Å². The van der Waals surface area contributed by atoms with Crippen molar-refractivity contribution in [2.75, 3.05) is 0 Å². The van der Waals surface area contributed by atoms with Gasteiger partial charge in [0, 0.05) is 10.8 Å². The van der Waals surface area contributed by atoms with Crippen LogP contribution in [-0.4, -0.2) is 6.10 Å². The Morgan fingerprint density at radius 1 is 1.24 bits per heavy atom. The summed E-state index contributed by atoms with van der Waals surface area (Å²) in [6, 6.07) is 10.9. The summed E-state index contributed by atoms with van der Waals surface area (Å²) in [6.45, 7) is 7.16. The zero-order valence-electron chi connectivity index (χ0n) is 11.0. The second-order valence-electron chi connectivity index (χ2n) is 6.65. The summed E-state index contributed by atoms with van der Waals surface area (Å²) in [5.74, 6) is 1.84. The molecule has 17 heavy (non-hydrogen) atoms. The second kappa shape index (κ2) is 3.51. The van der Waals surface area contributed by atoms with Gasteiger partial charge in [-0.2, -0.15) is 0 Å². The van der Waals surface area contributed by atoms with Crippen molar-refractivity contribution in [2.45, 2.75) is 46.1 Å². The summed E-state index contributed by atoms with van der Waals surface area (Å²) in [6.07, 6.45) is 4.40. The zero-order chi connectivity index (χ0) is 12.1. The van der Waals surface area contributed by atoms with Crippen molar-refractivity contribution in [3.8, 4) is 5.75 Å². The molecule has 91 valence electrons. The highest BCUT2D eigenvalue weighted by atomic mass is 16.5. The van der Waals surface area contributed by atoms with E-state index in [0.29, 0.717) is 16.9 Å². The molecule has 0 aromatic heterocycles. The van der Waals surface area contributed by atoms with E-state index >= 15 is 0 Å². The molecule has 1 radical (unpaired) electrons. The molecule has 3 rings (SSSR count). The van der Waals surface area contributed by atoms with Gasteiger partial charge in [0.25, 0.3) is 0 Å². The summed E-state index contributed by atoms with van der Waals surface area (Å²) >= 11 is 0. The van der Waals surface area contributed by atoms with Crippen LogP contribution >= 0.6 is 0 Å². The van der Waals surface area contributed by atoms with E-state index in [-0.39, 0.29) is 0 Å². The molecule has 1 aromatic carbocycles. The molecule has 0 saturated heterocycles. The Morgan fingerprint density at radius 2 is 1.94 bits per heavy atom. The molecule has 0 aliphatic heterocycles. The fourth-order valence-electron chi connectivity index (χ4n) is 4.14. The molecule has 0 amide bonds. The van der Waals surface area contributed by atoms with Crippen molar-refractivity contribution in [1.82, 2.24) is 0 Å². The van der Waals surface area contributed by atoms with E-state index in [9.17, 15) is 0 Å². The Balaban J connectivity index is 1.88. The molecule has 0 spiro atoms. The third-order valence-electron chi connectivity index (χ3n) is 5.08. The summed E-state index contributed by atoms with van der Waals surface area (Å²) in [5, 5.41) is 0. The molecule has 2 aliphatic rings. The molecule has 3 unspecified atom stereocenters. The minimum atomic E-state index is 0.312. The fraction of sp³-hybridized carbons (Fsp3) is 0.625. The Hall–Kier alpha value is -0.980. The van der Waals surface area contributed by atoms with Crippen LogP contribution in [0, 0.1) is 22.8 Å². The molecule has 2 aliphatic carbocycles. The minimum Gasteiger partial charge on any atom is -0.489 e. The molecule has 2 saturated carbocycles. The average Bonchev–Trinajstić information content (AvgIpc) is 2.77. The lowest BCUT2D eigenvalue weighted by atomic mass is 9.70. The highest BCUT2D eigenvalue weighted by Gasteiger charge is 2.60. The number of hydrogen-bond donors (Lipinski definition) is 0. The number of ether oxygens (including phenoxy) is 1. The zero-order valence-corrected chi connectivity index (χ0v) is 11.0. The quantitative estimate of drug-likeness (QED) is 0.742. The van der Waals surface area contributed by atoms with Gasteiger partial charge in [-0.15, -0.1) is 0 Å². The van der Waals surface area contributed by atoms with Gasteiger partial charge in [0.1, 0.15) is 11.9 Å². The number of benzene rings is 1. The summed E-state index contributed by atoms with van der Waals surface area (Å²) in [5.41, 5.74) is 0.695. The molecule has 1 nitrogen and oxygen atoms in total. The van der Waals surface area contributed by atoms with E-state index in [2.05, 4.69) is 26.8 Å². The van der Waals surface area contributed by atoms with Gasteiger partial charge in [0.2, 0.25) is 0 Å². The standard InChI is InChI=1S/C16H21O/c1-15(2)12-9-10-16(3,11-12)14(15)17-13-7-5-4-6-8-13/h5-8,12,14H,9-11H2,1-3H3. The monoisotopic (exact) mass is 229 g/mol. The van der Waals surface area contributed by atoms with Gasteiger partial charge in [0.15, 0.2) is 0 Å². The topological polar surface area (TPSA) is 9.23 Å². The van der Waals surface area contributed by atoms with E-state index in [1.54, 1.807) is 0 Å². The predicted molar refractivity (Wildman–Crippen MR) is 68.9 cm³/mol. The molecule has 1 heteroatoms. The third-order valence-corrected chi connectivity index (χ3v) is 5.08. The minimum absolute atomic E-state index is 0.312. The van der Waals surface area contributed by atoms with Crippen LogP contribution in [0.2, 0.25) is 0 Å². The normalized spacial score (nSPS) is 38.3. The molecule has 2 bridgehead atoms. The predicted octanol–water partition coefficient (Wildman–Crippen LogP) is 4.08. The lowest BCUT2D eigenvalue weighted by molar-refractivity contribution is -0.0143. The van der Waals surface area contributed by atoms with Gasteiger partial charge >= 0.3 is 0 Å². The highest BCUT2D eigenvalue weighted by Crippen LogP contribution is 2.63. The van der Waals surface area contributed by atoms with Crippen LogP contribution in [0.5, 0.6) is 5.75 Å². The van der Waals surface area contributed by atoms with E-state index in [1.807, 2.05) is 24.3 Å². The van der Waals surface area contributed by atoms with E-state index in [1.165, 1.54) is 19.3 Å². The maximum Gasteiger partial charge on any atom is 0.119 e. The first-order valence-corrected chi connectivity index (χ1v) is 6.65. The summed E-state index contributed by atoms with van der Waals surface area (Å²) in [4.78, 5) is 0. The van der Waals surface area contributed by atoms with Gasteiger partial charge in [0.05, 0.1) is 0 Å². The maximum atomic E-state index is 6.31. The van der Waals surface area contributed by atoms with Gasteiger partial charge in [-0.1, -0.05) is 32.9 Å². The summed E-state index contributed by atoms with van der Waals surface area (Å²) < 4.78 is 6.31. The highest BCUT2D eigenvalue weighted by molar-refractivity contribution is 5.23. The van der Waals surface area contributed by atoms with Crippen molar-refractivity contribution in [2.24, 2.45) is 16.7 Å². The Labute approximate surface area is 104 Å². The fourth-order valence-corrected chi connectivity index (χ4v) is 4.14. The molecule has 1 aromatic rings. The summed E-state index contributed by atoms with van der Waals surface area (Å²) in [7, 11) is 0. The Morgan fingerprint density at radius 3 is 2.53 bits per heavy atom. The SMILES string of the molecule is CC12CCC(C1)C(C)(C)C2Oc1cc[c]cc1. The molecule has 0 heterocycles. The van der Waals surface area contributed by atoms with Crippen LogP contribution in [0.15, 0.2) is 24.3 Å². The van der Waals surface area contributed by atoms with Crippen molar-refractivity contribution in [1.29, 1.82) is 0 Å². The van der Waals surface area contributed by atoms with Crippen LogP contribution in [0.3, 0.4) is 0 Å². The van der Waals surface area contributed by atoms with Gasteiger partial charge in [-0.25, -0.2) is 0 Å². The number of rotatable bonds is 2. The van der Waals surface area contributed by atoms with E-state index in [4.69, 9.17) is 4.74 Å². The number of fused-ring (bicyclic) bond motifs is 2. The molecule has 2 fully saturated rings. The lowest BCUT2D eigenvalue weighted by Crippen LogP contribution is -2.44. The first-order chi connectivity index (χ1) is 8.02. The third kappa shape index (κ3) is 1.59. The van der Waals surface area contributed by atoms with Crippen LogP contribution < -0.4 is 4.74 Å². The second-order valence-corrected chi connectivity index (χ2v) is 6.65. The van der Waals surface area contributed by atoms with Gasteiger partial charge < -0.3 is 4.74 Å². The maximum absolute atomic E-state index is 6.31. The number of hydrogen-bond acceptors (Lipinski definition) is 1. The van der Waals surface area contributed by atoms with Crippen molar-refractivity contribution < 1.29 is 4.74 Å². The average molecular weight is 229 g/mol. The van der Waals surface area contributed by atoms with Crippen molar-refractivity contribution >= 4 is 0 Å². The first kappa shape index (κ1) is 11.1. The van der Waals surface area contributed by atoms with Crippen LogP contribution in [-0.2, 0) is 0 Å². The first-order valence-electron chi connectivity index (χ1n) is 6.65.